The summed E-state index contributed by atoms with van der Waals surface area (Å²) in [6.45, 7) is 10.6. The van der Waals surface area contributed by atoms with Crippen LogP contribution in [0.4, 0.5) is 0 Å². The Bertz CT molecular complexity index is 780. The lowest BCUT2D eigenvalue weighted by molar-refractivity contribution is -0.154. The highest BCUT2D eigenvalue weighted by Gasteiger charge is 2.33. The van der Waals surface area contributed by atoms with Crippen molar-refractivity contribution in [2.45, 2.75) is 59.5 Å². The number of rotatable bonds is 7. The molecule has 1 atom stereocenters. The molecule has 3 nitrogen and oxygen atoms in total. The van der Waals surface area contributed by atoms with Crippen molar-refractivity contribution in [3.05, 3.63) is 57.3 Å². The summed E-state index contributed by atoms with van der Waals surface area (Å²) in [6.07, 6.45) is 2.89. The maximum atomic E-state index is 12.4. The summed E-state index contributed by atoms with van der Waals surface area (Å²) < 4.78 is 5.30. The standard InChI is InChI=1S/C23H31NO2S/c1-5-26-22(25)23(3,4)13-10-20(19-9-7-6-8-17(19)2)24-14-11-21-18(16-24)12-15-27-21/h6-9,12,15,20H,5,10-11,13-14,16H2,1-4H3. The Morgan fingerprint density at radius 3 is 2.81 bits per heavy atom. The molecule has 0 spiro atoms. The van der Waals surface area contributed by atoms with Gasteiger partial charge in [-0.05, 0) is 75.1 Å². The number of esters is 1. The van der Waals surface area contributed by atoms with E-state index in [0.29, 0.717) is 12.6 Å². The van der Waals surface area contributed by atoms with E-state index in [2.05, 4.69) is 47.5 Å². The monoisotopic (exact) mass is 385 g/mol. The summed E-state index contributed by atoms with van der Waals surface area (Å²) in [7, 11) is 0. The van der Waals surface area contributed by atoms with Crippen molar-refractivity contribution in [1.29, 1.82) is 0 Å². The van der Waals surface area contributed by atoms with Crippen molar-refractivity contribution in [1.82, 2.24) is 4.90 Å². The van der Waals surface area contributed by atoms with E-state index in [9.17, 15) is 4.79 Å². The molecule has 1 aliphatic rings. The number of ether oxygens (including phenoxy) is 1. The van der Waals surface area contributed by atoms with Crippen LogP contribution in [0.25, 0.3) is 0 Å². The van der Waals surface area contributed by atoms with Gasteiger partial charge in [0.05, 0.1) is 12.0 Å². The molecular formula is C23H31NO2S. The number of carbonyl (C=O) groups excluding carboxylic acids is 1. The van der Waals surface area contributed by atoms with Gasteiger partial charge in [0, 0.05) is 24.0 Å². The predicted octanol–water partition coefficient (Wildman–Crippen LogP) is 5.53. The smallest absolute Gasteiger partial charge is 0.311 e. The van der Waals surface area contributed by atoms with Gasteiger partial charge in [-0.3, -0.25) is 9.69 Å². The second-order valence-electron chi connectivity index (χ2n) is 8.10. The maximum absolute atomic E-state index is 12.4. The Kier molecular flexibility index (Phi) is 6.38. The third-order valence-corrected chi connectivity index (χ3v) is 6.72. The van der Waals surface area contributed by atoms with E-state index in [4.69, 9.17) is 4.74 Å². The van der Waals surface area contributed by atoms with Gasteiger partial charge < -0.3 is 4.74 Å². The number of hydrogen-bond donors (Lipinski definition) is 0. The molecule has 1 aliphatic heterocycles. The average Bonchev–Trinajstić information content (AvgIpc) is 3.11. The normalized spacial score (nSPS) is 16.0. The van der Waals surface area contributed by atoms with Crippen molar-refractivity contribution >= 4 is 17.3 Å². The van der Waals surface area contributed by atoms with Crippen LogP contribution in [0.1, 0.15) is 61.2 Å². The van der Waals surface area contributed by atoms with E-state index >= 15 is 0 Å². The van der Waals surface area contributed by atoms with Crippen LogP contribution in [0.3, 0.4) is 0 Å². The van der Waals surface area contributed by atoms with Gasteiger partial charge in [-0.1, -0.05) is 24.3 Å². The topological polar surface area (TPSA) is 29.5 Å². The molecule has 0 N–H and O–H groups in total. The minimum atomic E-state index is -0.458. The summed E-state index contributed by atoms with van der Waals surface area (Å²) in [6, 6.07) is 11.3. The summed E-state index contributed by atoms with van der Waals surface area (Å²) in [5, 5.41) is 2.21. The first-order valence-electron chi connectivity index (χ1n) is 9.94. The van der Waals surface area contributed by atoms with Crippen LogP contribution in [0.15, 0.2) is 35.7 Å². The molecule has 0 saturated heterocycles. The van der Waals surface area contributed by atoms with E-state index in [0.717, 1.165) is 32.4 Å². The zero-order chi connectivity index (χ0) is 19.4. The Balaban J connectivity index is 1.81. The fraction of sp³-hybridized carbons (Fsp3) is 0.522. The highest BCUT2D eigenvalue weighted by atomic mass is 32.1. The molecule has 0 aliphatic carbocycles. The quantitative estimate of drug-likeness (QED) is 0.587. The van der Waals surface area contributed by atoms with Crippen LogP contribution in [-0.2, 0) is 22.5 Å². The van der Waals surface area contributed by atoms with Gasteiger partial charge in [0.2, 0.25) is 0 Å². The fourth-order valence-corrected chi connectivity index (χ4v) is 4.85. The molecule has 3 rings (SSSR count). The molecule has 0 saturated carbocycles. The van der Waals surface area contributed by atoms with Gasteiger partial charge in [-0.2, -0.15) is 0 Å². The molecule has 0 bridgehead atoms. The van der Waals surface area contributed by atoms with Crippen LogP contribution in [0, 0.1) is 12.3 Å². The summed E-state index contributed by atoms with van der Waals surface area (Å²) >= 11 is 1.88. The summed E-state index contributed by atoms with van der Waals surface area (Å²) in [4.78, 5) is 16.5. The molecule has 1 unspecified atom stereocenters. The number of hydrogen-bond acceptors (Lipinski definition) is 4. The number of carbonyl (C=O) groups is 1. The van der Waals surface area contributed by atoms with Crippen LogP contribution < -0.4 is 0 Å². The number of nitrogens with zero attached hydrogens (tertiary/aromatic N) is 1. The lowest BCUT2D eigenvalue weighted by atomic mass is 9.83. The highest BCUT2D eigenvalue weighted by molar-refractivity contribution is 7.10. The number of aryl methyl sites for hydroxylation is 1. The Hall–Kier alpha value is -1.65. The van der Waals surface area contributed by atoms with Crippen LogP contribution in [0.2, 0.25) is 0 Å². The van der Waals surface area contributed by atoms with Crippen LogP contribution in [-0.4, -0.2) is 24.0 Å². The zero-order valence-corrected chi connectivity index (χ0v) is 17.8. The zero-order valence-electron chi connectivity index (χ0n) is 17.0. The van der Waals surface area contributed by atoms with E-state index in [1.807, 2.05) is 32.1 Å². The first-order valence-corrected chi connectivity index (χ1v) is 10.8. The second kappa shape index (κ2) is 8.57. The maximum Gasteiger partial charge on any atom is 0.311 e. The molecule has 2 aromatic rings. The lowest BCUT2D eigenvalue weighted by Crippen LogP contribution is -2.35. The molecule has 1 aromatic heterocycles. The Labute approximate surface area is 167 Å². The summed E-state index contributed by atoms with van der Waals surface area (Å²) in [5.74, 6) is -0.0905. The molecular weight excluding hydrogens is 354 g/mol. The summed E-state index contributed by atoms with van der Waals surface area (Å²) in [5.41, 5.74) is 3.72. The van der Waals surface area contributed by atoms with Gasteiger partial charge in [0.1, 0.15) is 0 Å². The lowest BCUT2D eigenvalue weighted by Gasteiger charge is -2.37. The van der Waals surface area contributed by atoms with E-state index in [1.165, 1.54) is 21.6 Å². The van der Waals surface area contributed by atoms with Crippen LogP contribution in [0.5, 0.6) is 0 Å². The molecule has 2 heterocycles. The minimum Gasteiger partial charge on any atom is -0.466 e. The van der Waals surface area contributed by atoms with E-state index in [1.54, 1.807) is 0 Å². The highest BCUT2D eigenvalue weighted by Crippen LogP contribution is 2.37. The van der Waals surface area contributed by atoms with Gasteiger partial charge in [-0.15, -0.1) is 11.3 Å². The van der Waals surface area contributed by atoms with E-state index < -0.39 is 5.41 Å². The van der Waals surface area contributed by atoms with Gasteiger partial charge in [-0.25, -0.2) is 0 Å². The molecule has 0 amide bonds. The second-order valence-corrected chi connectivity index (χ2v) is 9.11. The third-order valence-electron chi connectivity index (χ3n) is 5.70. The molecule has 0 fully saturated rings. The molecule has 0 radical (unpaired) electrons. The molecule has 146 valence electrons. The van der Waals surface area contributed by atoms with Crippen molar-refractivity contribution in [3.8, 4) is 0 Å². The van der Waals surface area contributed by atoms with Crippen molar-refractivity contribution in [2.24, 2.45) is 5.41 Å². The van der Waals surface area contributed by atoms with Gasteiger partial charge in [0.25, 0.3) is 0 Å². The number of thiophene rings is 1. The first-order chi connectivity index (χ1) is 12.9. The molecule has 4 heteroatoms. The number of benzene rings is 1. The minimum absolute atomic E-state index is 0.0905. The largest absolute Gasteiger partial charge is 0.466 e. The van der Waals surface area contributed by atoms with Gasteiger partial charge in [0.15, 0.2) is 0 Å². The van der Waals surface area contributed by atoms with Crippen LogP contribution >= 0.6 is 11.3 Å². The fourth-order valence-electron chi connectivity index (χ4n) is 3.96. The van der Waals surface area contributed by atoms with Crippen molar-refractivity contribution in [3.63, 3.8) is 0 Å². The average molecular weight is 386 g/mol. The third kappa shape index (κ3) is 4.61. The molecule has 27 heavy (non-hydrogen) atoms. The van der Waals surface area contributed by atoms with Crippen molar-refractivity contribution < 1.29 is 9.53 Å². The predicted molar refractivity (Wildman–Crippen MR) is 112 cm³/mol. The van der Waals surface area contributed by atoms with Crippen molar-refractivity contribution in [2.75, 3.05) is 13.2 Å². The van der Waals surface area contributed by atoms with E-state index in [-0.39, 0.29) is 5.97 Å². The van der Waals surface area contributed by atoms with Gasteiger partial charge >= 0.3 is 5.97 Å². The Morgan fingerprint density at radius 1 is 1.30 bits per heavy atom. The Morgan fingerprint density at radius 2 is 2.07 bits per heavy atom. The number of fused-ring (bicyclic) bond motifs is 1. The first kappa shape index (κ1) is 20.1. The SMILES string of the molecule is CCOC(=O)C(C)(C)CCC(c1ccccc1C)N1CCc2sccc2C1. The molecule has 1 aromatic carbocycles.